The van der Waals surface area contributed by atoms with Gasteiger partial charge < -0.3 is 10.2 Å². The Labute approximate surface area is 143 Å². The minimum atomic E-state index is 0. The average molecular weight is 337 g/mol. The highest BCUT2D eigenvalue weighted by atomic mass is 35.5. The molecule has 4 heteroatoms. The van der Waals surface area contributed by atoms with Crippen LogP contribution >= 0.6 is 24.2 Å². The average Bonchev–Trinajstić information content (AvgIpc) is 3.28. The number of nitrogens with zero attached hydrogens (tertiary/aromatic N) is 1. The molecule has 3 aliphatic heterocycles. The van der Waals surface area contributed by atoms with Crippen molar-refractivity contribution in [3.63, 3.8) is 0 Å². The maximum atomic E-state index is 3.74. The number of halogens is 1. The van der Waals surface area contributed by atoms with E-state index in [1.807, 2.05) is 11.8 Å². The molecule has 1 saturated heterocycles. The van der Waals surface area contributed by atoms with Crippen molar-refractivity contribution in [1.82, 2.24) is 10.2 Å². The lowest BCUT2D eigenvalue weighted by molar-refractivity contribution is 0.209. The number of allylic oxidation sites excluding steroid dienone is 2. The predicted octanol–water partition coefficient (Wildman–Crippen LogP) is 4.06. The molecule has 0 aromatic carbocycles. The summed E-state index contributed by atoms with van der Waals surface area (Å²) in [5.74, 6) is 1.87. The first-order valence-corrected chi connectivity index (χ1v) is 9.54. The van der Waals surface area contributed by atoms with Crippen LogP contribution < -0.4 is 5.32 Å². The Kier molecular flexibility index (Phi) is 4.08. The van der Waals surface area contributed by atoms with Gasteiger partial charge in [0.1, 0.15) is 0 Å². The quantitative estimate of drug-likeness (QED) is 0.818. The molecule has 1 saturated carbocycles. The van der Waals surface area contributed by atoms with Crippen LogP contribution in [-0.2, 0) is 0 Å². The monoisotopic (exact) mass is 336 g/mol. The molecule has 2 nitrogen and oxygen atoms in total. The van der Waals surface area contributed by atoms with Gasteiger partial charge in [-0.15, -0.1) is 24.2 Å². The van der Waals surface area contributed by atoms with Crippen molar-refractivity contribution in [2.45, 2.75) is 44.6 Å². The maximum Gasteiger partial charge on any atom is 0.0565 e. The molecule has 5 rings (SSSR count). The highest BCUT2D eigenvalue weighted by Crippen LogP contribution is 2.50. The normalized spacial score (nSPS) is 33.4. The maximum absolute atomic E-state index is 3.74. The Morgan fingerprint density at radius 3 is 3.05 bits per heavy atom. The van der Waals surface area contributed by atoms with Crippen molar-refractivity contribution in [2.24, 2.45) is 11.8 Å². The standard InChI is InChI=1S/C18H24N2S.ClH/c1-3-14-15-11-19-10-13(9-12-5-6-12)17(15)20-7-2-8-21-16(4-1)18(14)20;/h2,8,12-13,17,19H,1,3-7,9-11H2;1H. The topological polar surface area (TPSA) is 15.3 Å². The second-order valence-corrected chi connectivity index (χ2v) is 8.29. The molecular formula is C18H25ClN2S. The van der Waals surface area contributed by atoms with Gasteiger partial charge in [0, 0.05) is 24.5 Å². The lowest BCUT2D eigenvalue weighted by atomic mass is 9.84. The van der Waals surface area contributed by atoms with Crippen molar-refractivity contribution in [3.8, 4) is 0 Å². The van der Waals surface area contributed by atoms with Crippen LogP contribution in [-0.4, -0.2) is 30.6 Å². The first-order valence-electron chi connectivity index (χ1n) is 8.66. The number of rotatable bonds is 2. The van der Waals surface area contributed by atoms with Gasteiger partial charge in [-0.2, -0.15) is 0 Å². The second-order valence-electron chi connectivity index (χ2n) is 7.29. The molecule has 0 radical (unpaired) electrons. The van der Waals surface area contributed by atoms with Crippen molar-refractivity contribution in [1.29, 1.82) is 0 Å². The van der Waals surface area contributed by atoms with Gasteiger partial charge >= 0.3 is 0 Å². The molecule has 2 fully saturated rings. The lowest BCUT2D eigenvalue weighted by Gasteiger charge is -2.39. The van der Waals surface area contributed by atoms with Crippen molar-refractivity contribution in [2.75, 3.05) is 19.6 Å². The van der Waals surface area contributed by atoms with E-state index in [9.17, 15) is 0 Å². The van der Waals surface area contributed by atoms with E-state index in [2.05, 4.69) is 21.7 Å². The van der Waals surface area contributed by atoms with Crippen LogP contribution in [0.25, 0.3) is 0 Å². The van der Waals surface area contributed by atoms with Crippen molar-refractivity contribution in [3.05, 3.63) is 33.2 Å². The van der Waals surface area contributed by atoms with Crippen molar-refractivity contribution < 1.29 is 0 Å². The summed E-state index contributed by atoms with van der Waals surface area (Å²) in [7, 11) is 0. The number of fused-ring (bicyclic) bond motifs is 2. The predicted molar refractivity (Wildman–Crippen MR) is 96.1 cm³/mol. The molecule has 0 amide bonds. The summed E-state index contributed by atoms with van der Waals surface area (Å²) in [6, 6.07) is 0.716. The molecular weight excluding hydrogens is 312 g/mol. The fourth-order valence-corrected chi connectivity index (χ4v) is 5.80. The molecule has 2 unspecified atom stereocenters. The highest BCUT2D eigenvalue weighted by molar-refractivity contribution is 8.05. The highest BCUT2D eigenvalue weighted by Gasteiger charge is 2.45. The minimum Gasteiger partial charge on any atom is -0.360 e. The van der Waals surface area contributed by atoms with Crippen LogP contribution in [0.4, 0.5) is 0 Å². The molecule has 3 heterocycles. The Bertz CT molecular complexity index is 561. The zero-order valence-electron chi connectivity index (χ0n) is 13.0. The fourth-order valence-electron chi connectivity index (χ4n) is 4.84. The van der Waals surface area contributed by atoms with Gasteiger partial charge in [0.05, 0.1) is 11.7 Å². The zero-order chi connectivity index (χ0) is 13.8. The van der Waals surface area contributed by atoms with E-state index < -0.39 is 0 Å². The van der Waals surface area contributed by atoms with E-state index >= 15 is 0 Å². The van der Waals surface area contributed by atoms with Gasteiger partial charge in [-0.25, -0.2) is 0 Å². The van der Waals surface area contributed by atoms with E-state index in [-0.39, 0.29) is 12.4 Å². The lowest BCUT2D eigenvalue weighted by Crippen LogP contribution is -2.48. The third kappa shape index (κ3) is 2.37. The van der Waals surface area contributed by atoms with Gasteiger partial charge in [0.15, 0.2) is 0 Å². The Hall–Kier alpha value is -0.380. The first kappa shape index (κ1) is 15.2. The molecule has 0 bridgehead atoms. The summed E-state index contributed by atoms with van der Waals surface area (Å²) in [6.45, 7) is 3.50. The minimum absolute atomic E-state index is 0. The summed E-state index contributed by atoms with van der Waals surface area (Å²) >= 11 is 1.99. The molecule has 5 aliphatic rings. The van der Waals surface area contributed by atoms with Crippen molar-refractivity contribution >= 4 is 24.2 Å². The van der Waals surface area contributed by atoms with Crippen LogP contribution in [0.3, 0.4) is 0 Å². The van der Waals surface area contributed by atoms with Gasteiger partial charge in [-0.1, -0.05) is 18.9 Å². The Balaban J connectivity index is 0.00000125. The summed E-state index contributed by atoms with van der Waals surface area (Å²) in [5, 5.41) is 6.07. The van der Waals surface area contributed by atoms with Crippen LogP contribution in [0.15, 0.2) is 33.2 Å². The molecule has 0 aromatic rings. The number of hydrogen-bond acceptors (Lipinski definition) is 3. The van der Waals surface area contributed by atoms with Gasteiger partial charge in [-0.3, -0.25) is 0 Å². The molecule has 0 spiro atoms. The second kappa shape index (κ2) is 5.92. The first-order chi connectivity index (χ1) is 10.4. The van der Waals surface area contributed by atoms with E-state index in [1.165, 1.54) is 45.1 Å². The van der Waals surface area contributed by atoms with Gasteiger partial charge in [-0.05, 0) is 54.1 Å². The van der Waals surface area contributed by atoms with E-state index in [4.69, 9.17) is 0 Å². The van der Waals surface area contributed by atoms with Crippen LogP contribution in [0, 0.1) is 11.8 Å². The van der Waals surface area contributed by atoms with Crippen LogP contribution in [0.2, 0.25) is 0 Å². The summed E-state index contributed by atoms with van der Waals surface area (Å²) in [5.41, 5.74) is 5.14. The summed E-state index contributed by atoms with van der Waals surface area (Å²) in [6.07, 6.45) is 10.8. The molecule has 0 aromatic heterocycles. The summed E-state index contributed by atoms with van der Waals surface area (Å²) in [4.78, 5) is 4.43. The van der Waals surface area contributed by atoms with E-state index in [0.29, 0.717) is 6.04 Å². The molecule has 22 heavy (non-hydrogen) atoms. The molecule has 2 aliphatic carbocycles. The van der Waals surface area contributed by atoms with Gasteiger partial charge in [0.25, 0.3) is 0 Å². The number of hydrogen-bond donors (Lipinski definition) is 1. The third-order valence-corrected chi connectivity index (χ3v) is 6.87. The zero-order valence-corrected chi connectivity index (χ0v) is 14.6. The third-order valence-electron chi connectivity index (χ3n) is 5.86. The molecule has 120 valence electrons. The number of nitrogens with one attached hydrogen (secondary N) is 1. The largest absolute Gasteiger partial charge is 0.360 e. The SMILES string of the molecule is C1=CSC2=C3C(=C4CNCC(CC5CC5)C4N3C1)CCC2.Cl. The van der Waals surface area contributed by atoms with Crippen LogP contribution in [0.5, 0.6) is 0 Å². The van der Waals surface area contributed by atoms with E-state index in [0.717, 1.165) is 24.9 Å². The number of piperidine rings is 1. The molecule has 1 N–H and O–H groups in total. The molecule has 2 atom stereocenters. The Morgan fingerprint density at radius 1 is 1.27 bits per heavy atom. The van der Waals surface area contributed by atoms with E-state index in [1.54, 1.807) is 21.7 Å². The smallest absolute Gasteiger partial charge is 0.0565 e. The fraction of sp³-hybridized carbons (Fsp3) is 0.667. The number of thioether (sulfide) groups is 1. The summed E-state index contributed by atoms with van der Waals surface area (Å²) < 4.78 is 0. The Morgan fingerprint density at radius 2 is 2.18 bits per heavy atom. The van der Waals surface area contributed by atoms with Gasteiger partial charge in [0.2, 0.25) is 0 Å². The van der Waals surface area contributed by atoms with Crippen LogP contribution in [0.1, 0.15) is 38.5 Å².